The molecule has 0 saturated heterocycles. The van der Waals surface area contributed by atoms with Crippen LogP contribution in [0.2, 0.25) is 0 Å². The molecule has 1 N–H and O–H groups in total. The largest absolute Gasteiger partial charge is 0.272 e. The van der Waals surface area contributed by atoms with Crippen LogP contribution in [0.25, 0.3) is 0 Å². The highest BCUT2D eigenvalue weighted by atomic mass is 15.5. The van der Waals surface area contributed by atoms with E-state index < -0.39 is 6.17 Å². The predicted molar refractivity (Wildman–Crippen MR) is 28.5 cm³/mol. The molecule has 0 aromatic heterocycles. The van der Waals surface area contributed by atoms with Crippen LogP contribution in [0.4, 0.5) is 0 Å². The third-order valence-corrected chi connectivity index (χ3v) is 0.895. The molecule has 9 heavy (non-hydrogen) atoms. The lowest BCUT2D eigenvalue weighted by molar-refractivity contribution is 0.478. The van der Waals surface area contributed by atoms with Gasteiger partial charge in [-0.25, -0.2) is 4.90 Å². The first-order valence-electron chi connectivity index (χ1n) is 2.25. The summed E-state index contributed by atoms with van der Waals surface area (Å²) in [6.45, 7) is 0. The van der Waals surface area contributed by atoms with E-state index in [1.165, 1.54) is 6.34 Å². The first-order chi connectivity index (χ1) is 4.38. The van der Waals surface area contributed by atoms with Gasteiger partial charge < -0.3 is 0 Å². The van der Waals surface area contributed by atoms with Crippen molar-refractivity contribution in [3.05, 3.63) is 0 Å². The molecule has 1 unspecified atom stereocenters. The molecule has 5 heteroatoms. The topological polar surface area (TPSA) is 75.2 Å². The molecule has 5 nitrogen and oxygen atoms in total. The van der Waals surface area contributed by atoms with E-state index in [0.29, 0.717) is 0 Å². The molecule has 0 radical (unpaired) electrons. The van der Waals surface area contributed by atoms with Gasteiger partial charge in [0, 0.05) is 0 Å². The normalized spacial score (nSPS) is 22.4. The van der Waals surface area contributed by atoms with Crippen molar-refractivity contribution < 1.29 is 0 Å². The van der Waals surface area contributed by atoms with Gasteiger partial charge in [0.1, 0.15) is 12.4 Å². The van der Waals surface area contributed by atoms with Crippen molar-refractivity contribution in [3.63, 3.8) is 0 Å². The summed E-state index contributed by atoms with van der Waals surface area (Å²) in [5.41, 5.74) is 2.42. The number of hydrazone groups is 1. The molecular formula is C4H3N5. The minimum atomic E-state index is -0.616. The average Bonchev–Trinajstić information content (AvgIpc) is 2.33. The molecule has 0 aromatic rings. The zero-order chi connectivity index (χ0) is 6.69. The number of nitrogens with one attached hydrogen (secondary N) is 1. The van der Waals surface area contributed by atoms with Crippen LogP contribution >= 0.6 is 0 Å². The van der Waals surface area contributed by atoms with Crippen molar-refractivity contribution in [2.24, 2.45) is 5.10 Å². The second-order valence-corrected chi connectivity index (χ2v) is 1.41. The van der Waals surface area contributed by atoms with Crippen molar-refractivity contribution in [1.29, 1.82) is 10.5 Å². The molecular weight excluding hydrogens is 118 g/mol. The van der Waals surface area contributed by atoms with Gasteiger partial charge in [0.25, 0.3) is 0 Å². The number of hydrogen-bond acceptors (Lipinski definition) is 5. The molecule has 0 spiro atoms. The van der Waals surface area contributed by atoms with E-state index in [9.17, 15) is 0 Å². The minimum absolute atomic E-state index is 0.616. The lowest BCUT2D eigenvalue weighted by Gasteiger charge is -2.04. The Bertz CT molecular complexity index is 206. The van der Waals surface area contributed by atoms with Gasteiger partial charge in [0.05, 0.1) is 0 Å². The Hall–Kier alpha value is -1.75. The summed E-state index contributed by atoms with van der Waals surface area (Å²) in [5.74, 6) is 0. The first kappa shape index (κ1) is 5.39. The summed E-state index contributed by atoms with van der Waals surface area (Å²) in [6.07, 6.45) is 2.42. The Morgan fingerprint density at radius 2 is 2.44 bits per heavy atom. The summed E-state index contributed by atoms with van der Waals surface area (Å²) in [6, 6.07) is 1.83. The third kappa shape index (κ3) is 0.752. The van der Waals surface area contributed by atoms with Gasteiger partial charge in [-0.1, -0.05) is 0 Å². The van der Waals surface area contributed by atoms with Gasteiger partial charge in [0.15, 0.2) is 6.19 Å². The fourth-order valence-corrected chi connectivity index (χ4v) is 0.470. The Balaban J connectivity index is 2.65. The summed E-state index contributed by atoms with van der Waals surface area (Å²) >= 11 is 0. The van der Waals surface area contributed by atoms with E-state index in [1.807, 2.05) is 6.07 Å². The van der Waals surface area contributed by atoms with Crippen molar-refractivity contribution >= 4 is 6.34 Å². The summed E-state index contributed by atoms with van der Waals surface area (Å²) in [4.78, 5) is 1.12. The van der Waals surface area contributed by atoms with Gasteiger partial charge >= 0.3 is 0 Å². The van der Waals surface area contributed by atoms with Gasteiger partial charge in [-0.3, -0.25) is 5.43 Å². The summed E-state index contributed by atoms with van der Waals surface area (Å²) < 4.78 is 0. The van der Waals surface area contributed by atoms with Crippen molar-refractivity contribution in [3.8, 4) is 12.3 Å². The second-order valence-electron chi connectivity index (χ2n) is 1.41. The van der Waals surface area contributed by atoms with E-state index in [0.717, 1.165) is 4.90 Å². The Labute approximate surface area is 51.8 Å². The Morgan fingerprint density at radius 3 is 2.89 bits per heavy atom. The van der Waals surface area contributed by atoms with Gasteiger partial charge in [0.2, 0.25) is 6.17 Å². The molecule has 0 bridgehead atoms. The number of hydrogen-bond donors (Lipinski definition) is 1. The average molecular weight is 121 g/mol. The van der Waals surface area contributed by atoms with E-state index in [-0.39, 0.29) is 0 Å². The van der Waals surface area contributed by atoms with Crippen LogP contribution in [0.1, 0.15) is 0 Å². The van der Waals surface area contributed by atoms with E-state index >= 15 is 0 Å². The van der Waals surface area contributed by atoms with Crippen LogP contribution in [-0.2, 0) is 0 Å². The monoisotopic (exact) mass is 121 g/mol. The zero-order valence-electron chi connectivity index (χ0n) is 4.44. The maximum atomic E-state index is 8.28. The maximum Gasteiger partial charge on any atom is 0.217 e. The zero-order valence-corrected chi connectivity index (χ0v) is 4.44. The quantitative estimate of drug-likeness (QED) is 0.424. The smallest absolute Gasteiger partial charge is 0.217 e. The van der Waals surface area contributed by atoms with Gasteiger partial charge in [-0.05, 0) is 0 Å². The predicted octanol–water partition coefficient (Wildman–Crippen LogP) is -0.834. The number of rotatable bonds is 0. The third-order valence-electron chi connectivity index (χ3n) is 0.895. The second kappa shape index (κ2) is 2.01. The molecule has 0 aliphatic carbocycles. The number of nitrogens with zero attached hydrogens (tertiary/aromatic N) is 4. The molecule has 1 aliphatic heterocycles. The molecule has 0 aromatic carbocycles. The molecule has 0 fully saturated rings. The lowest BCUT2D eigenvalue weighted by atomic mass is 10.5. The van der Waals surface area contributed by atoms with E-state index in [4.69, 9.17) is 10.5 Å². The highest BCUT2D eigenvalue weighted by Gasteiger charge is 2.17. The molecule has 44 valence electrons. The SMILES string of the molecule is N#CC1NN=CN1C#N. The molecule has 1 rings (SSSR count). The summed E-state index contributed by atoms with van der Waals surface area (Å²) in [7, 11) is 0. The minimum Gasteiger partial charge on any atom is -0.272 e. The van der Waals surface area contributed by atoms with Crippen molar-refractivity contribution in [2.75, 3.05) is 0 Å². The van der Waals surface area contributed by atoms with Gasteiger partial charge in [-0.15, -0.1) is 0 Å². The van der Waals surface area contributed by atoms with Crippen LogP contribution in [-0.4, -0.2) is 17.4 Å². The van der Waals surface area contributed by atoms with Crippen LogP contribution in [0.5, 0.6) is 0 Å². The fourth-order valence-electron chi connectivity index (χ4n) is 0.470. The van der Waals surface area contributed by atoms with E-state index in [1.54, 1.807) is 6.19 Å². The highest BCUT2D eigenvalue weighted by Crippen LogP contribution is 1.94. The van der Waals surface area contributed by atoms with Crippen molar-refractivity contribution in [1.82, 2.24) is 10.3 Å². The molecule has 1 heterocycles. The van der Waals surface area contributed by atoms with Crippen LogP contribution in [0.15, 0.2) is 5.10 Å². The molecule has 0 saturated carbocycles. The van der Waals surface area contributed by atoms with Gasteiger partial charge in [-0.2, -0.15) is 15.6 Å². The first-order valence-corrected chi connectivity index (χ1v) is 2.25. The van der Waals surface area contributed by atoms with Crippen LogP contribution in [0, 0.1) is 22.8 Å². The Morgan fingerprint density at radius 1 is 1.67 bits per heavy atom. The Kier molecular flexibility index (Phi) is 1.21. The maximum absolute atomic E-state index is 8.28. The lowest BCUT2D eigenvalue weighted by Crippen LogP contribution is -2.31. The highest BCUT2D eigenvalue weighted by molar-refractivity contribution is 5.60. The summed E-state index contributed by atoms with van der Waals surface area (Å²) in [5, 5.41) is 20.0. The standard InChI is InChI=1S/C4H3N5/c5-1-4-8-7-3-9(4)2-6/h3-4,8H. The number of nitriles is 2. The molecule has 1 atom stereocenters. The van der Waals surface area contributed by atoms with E-state index in [2.05, 4.69) is 10.5 Å². The van der Waals surface area contributed by atoms with Crippen LogP contribution in [0.3, 0.4) is 0 Å². The molecule has 0 amide bonds. The van der Waals surface area contributed by atoms with Crippen LogP contribution < -0.4 is 5.43 Å². The van der Waals surface area contributed by atoms with Crippen molar-refractivity contribution in [2.45, 2.75) is 6.17 Å². The fraction of sp³-hybridized carbons (Fsp3) is 0.250. The molecule has 1 aliphatic rings.